The van der Waals surface area contributed by atoms with Gasteiger partial charge >= 0.3 is 0 Å². The van der Waals surface area contributed by atoms with Crippen molar-refractivity contribution >= 4 is 11.8 Å². The number of hydrogen-bond donors (Lipinski definition) is 0. The van der Waals surface area contributed by atoms with Crippen molar-refractivity contribution in [2.24, 2.45) is 5.92 Å². The van der Waals surface area contributed by atoms with E-state index in [0.29, 0.717) is 32.1 Å². The number of aromatic nitrogens is 2. The highest BCUT2D eigenvalue weighted by Crippen LogP contribution is 2.25. The van der Waals surface area contributed by atoms with Crippen LogP contribution in [0.2, 0.25) is 0 Å². The van der Waals surface area contributed by atoms with Crippen molar-refractivity contribution in [2.75, 3.05) is 26.2 Å². The van der Waals surface area contributed by atoms with Crippen LogP contribution in [0.25, 0.3) is 5.69 Å². The van der Waals surface area contributed by atoms with Gasteiger partial charge in [0.25, 0.3) is 5.91 Å². The Balaban J connectivity index is 2.00. The first kappa shape index (κ1) is 21.1. The molecule has 6 nitrogen and oxygen atoms in total. The van der Waals surface area contributed by atoms with Gasteiger partial charge in [-0.15, -0.1) is 0 Å². The maximum absolute atomic E-state index is 13.5. The number of carbonyl (C=O) groups excluding carboxylic acids is 2. The molecule has 0 N–H and O–H groups in total. The van der Waals surface area contributed by atoms with Crippen LogP contribution < -0.4 is 0 Å². The zero-order chi connectivity index (χ0) is 21.1. The molecule has 29 heavy (non-hydrogen) atoms. The highest BCUT2D eigenvalue weighted by molar-refractivity contribution is 5.97. The van der Waals surface area contributed by atoms with E-state index in [-0.39, 0.29) is 11.8 Å². The fourth-order valence-electron chi connectivity index (χ4n) is 3.96. The van der Waals surface area contributed by atoms with Crippen molar-refractivity contribution in [1.29, 1.82) is 0 Å². The van der Waals surface area contributed by atoms with Gasteiger partial charge in [0, 0.05) is 33.1 Å². The van der Waals surface area contributed by atoms with Crippen molar-refractivity contribution in [1.82, 2.24) is 19.6 Å². The molecule has 1 aromatic carbocycles. The van der Waals surface area contributed by atoms with Crippen LogP contribution in [0, 0.1) is 12.8 Å². The third-order valence-corrected chi connectivity index (χ3v) is 5.46. The summed E-state index contributed by atoms with van der Waals surface area (Å²) < 4.78 is 1.95. The molecule has 0 aliphatic carbocycles. The average molecular weight is 397 g/mol. The molecule has 0 unspecified atom stereocenters. The summed E-state index contributed by atoms with van der Waals surface area (Å²) in [5.41, 5.74) is 4.74. The first-order valence-electron chi connectivity index (χ1n) is 10.5. The Bertz CT molecular complexity index is 892. The van der Waals surface area contributed by atoms with Crippen molar-refractivity contribution in [3.63, 3.8) is 0 Å². The van der Waals surface area contributed by atoms with E-state index in [0.717, 1.165) is 35.5 Å². The van der Waals surface area contributed by atoms with Gasteiger partial charge in [-0.25, -0.2) is 4.68 Å². The number of piperazine rings is 1. The molecule has 2 amide bonds. The third kappa shape index (κ3) is 4.52. The Morgan fingerprint density at radius 2 is 1.76 bits per heavy atom. The van der Waals surface area contributed by atoms with Crippen LogP contribution in [-0.2, 0) is 17.6 Å². The molecule has 1 aliphatic heterocycles. The molecule has 2 heterocycles. The molecule has 156 valence electrons. The van der Waals surface area contributed by atoms with E-state index in [1.165, 1.54) is 5.56 Å². The predicted octanol–water partition coefficient (Wildman–Crippen LogP) is 3.25. The molecule has 1 saturated heterocycles. The lowest BCUT2D eigenvalue weighted by atomic mass is 10.0. The molecule has 0 spiro atoms. The topological polar surface area (TPSA) is 58.4 Å². The lowest BCUT2D eigenvalue weighted by Gasteiger charge is -2.34. The van der Waals surface area contributed by atoms with E-state index >= 15 is 0 Å². The van der Waals surface area contributed by atoms with Crippen LogP contribution in [0.3, 0.4) is 0 Å². The van der Waals surface area contributed by atoms with E-state index in [1.54, 1.807) is 11.8 Å². The summed E-state index contributed by atoms with van der Waals surface area (Å²) in [6.07, 6.45) is 1.49. The predicted molar refractivity (Wildman–Crippen MR) is 114 cm³/mol. The summed E-state index contributed by atoms with van der Waals surface area (Å²) in [5.74, 6) is 0.514. The van der Waals surface area contributed by atoms with Gasteiger partial charge in [-0.05, 0) is 43.4 Å². The molecule has 6 heteroatoms. The van der Waals surface area contributed by atoms with Crippen LogP contribution in [0.5, 0.6) is 0 Å². The van der Waals surface area contributed by atoms with Crippen LogP contribution in [0.1, 0.15) is 55.0 Å². The summed E-state index contributed by atoms with van der Waals surface area (Å²) in [5, 5.41) is 4.90. The minimum absolute atomic E-state index is 0.0413. The lowest BCUT2D eigenvalue weighted by molar-refractivity contribution is -0.130. The minimum Gasteiger partial charge on any atom is -0.339 e. The maximum atomic E-state index is 13.5. The molecule has 2 aromatic rings. The number of carbonyl (C=O) groups is 2. The molecule has 1 aliphatic rings. The summed E-state index contributed by atoms with van der Waals surface area (Å²) in [7, 11) is 0. The SMILES string of the molecule is CCc1c(C(=O)N2CCN(C(C)=O)CC2)c(CC(C)C)nn1-c1cccc(C)c1. The number of rotatable bonds is 5. The standard InChI is InChI=1S/C23H32N4O2/c1-6-21-22(23(29)26-12-10-25(11-13-26)18(5)28)20(14-16(2)3)24-27(21)19-9-7-8-17(4)15-19/h7-9,15-16H,6,10-14H2,1-5H3. The minimum atomic E-state index is 0.0413. The van der Waals surface area contributed by atoms with E-state index < -0.39 is 0 Å². The van der Waals surface area contributed by atoms with E-state index in [1.807, 2.05) is 21.7 Å². The molecule has 0 bridgehead atoms. The molecule has 3 rings (SSSR count). The Morgan fingerprint density at radius 3 is 2.31 bits per heavy atom. The van der Waals surface area contributed by atoms with Gasteiger partial charge < -0.3 is 9.80 Å². The van der Waals surface area contributed by atoms with Crippen LogP contribution in [0.4, 0.5) is 0 Å². The van der Waals surface area contributed by atoms with E-state index in [9.17, 15) is 9.59 Å². The van der Waals surface area contributed by atoms with Crippen LogP contribution >= 0.6 is 0 Å². The molecule has 1 fully saturated rings. The monoisotopic (exact) mass is 396 g/mol. The number of aryl methyl sites for hydroxylation is 1. The van der Waals surface area contributed by atoms with Crippen molar-refractivity contribution in [3.05, 3.63) is 46.8 Å². The molecular weight excluding hydrogens is 364 g/mol. The van der Waals surface area contributed by atoms with Gasteiger partial charge in [0.1, 0.15) is 0 Å². The van der Waals surface area contributed by atoms with Crippen molar-refractivity contribution < 1.29 is 9.59 Å². The molecular formula is C23H32N4O2. The highest BCUT2D eigenvalue weighted by atomic mass is 16.2. The second-order valence-corrected chi connectivity index (χ2v) is 8.27. The van der Waals surface area contributed by atoms with Gasteiger partial charge in [-0.1, -0.05) is 32.9 Å². The fraction of sp³-hybridized carbons (Fsp3) is 0.522. The Kier molecular flexibility index (Phi) is 6.40. The molecule has 0 saturated carbocycles. The highest BCUT2D eigenvalue weighted by Gasteiger charge is 2.30. The van der Waals surface area contributed by atoms with Crippen LogP contribution in [-0.4, -0.2) is 57.6 Å². The lowest BCUT2D eigenvalue weighted by Crippen LogP contribution is -2.50. The van der Waals surface area contributed by atoms with Gasteiger partial charge in [-0.2, -0.15) is 5.10 Å². The van der Waals surface area contributed by atoms with Crippen molar-refractivity contribution in [3.8, 4) is 5.69 Å². The largest absolute Gasteiger partial charge is 0.339 e. The number of benzene rings is 1. The Labute approximate surface area is 173 Å². The van der Waals surface area contributed by atoms with Gasteiger partial charge in [0.05, 0.1) is 22.6 Å². The average Bonchev–Trinajstić information content (AvgIpc) is 3.05. The zero-order valence-corrected chi connectivity index (χ0v) is 18.2. The van der Waals surface area contributed by atoms with E-state index in [4.69, 9.17) is 5.10 Å². The van der Waals surface area contributed by atoms with Gasteiger partial charge in [-0.3, -0.25) is 9.59 Å². The Hall–Kier alpha value is -2.63. The smallest absolute Gasteiger partial charge is 0.257 e. The molecule has 0 radical (unpaired) electrons. The van der Waals surface area contributed by atoms with Crippen molar-refractivity contribution in [2.45, 2.75) is 47.5 Å². The second-order valence-electron chi connectivity index (χ2n) is 8.27. The summed E-state index contributed by atoms with van der Waals surface area (Å²) in [6.45, 7) is 12.3. The first-order valence-corrected chi connectivity index (χ1v) is 10.5. The number of hydrogen-bond acceptors (Lipinski definition) is 3. The normalized spacial score (nSPS) is 14.6. The summed E-state index contributed by atoms with van der Waals surface area (Å²) in [6, 6.07) is 8.23. The molecule has 0 atom stereocenters. The Morgan fingerprint density at radius 1 is 1.10 bits per heavy atom. The van der Waals surface area contributed by atoms with Crippen LogP contribution in [0.15, 0.2) is 24.3 Å². The summed E-state index contributed by atoms with van der Waals surface area (Å²) in [4.78, 5) is 28.8. The van der Waals surface area contributed by atoms with Gasteiger partial charge in [0.2, 0.25) is 5.91 Å². The quantitative estimate of drug-likeness (QED) is 0.780. The number of nitrogens with zero attached hydrogens (tertiary/aromatic N) is 4. The fourth-order valence-corrected chi connectivity index (χ4v) is 3.96. The third-order valence-electron chi connectivity index (χ3n) is 5.46. The maximum Gasteiger partial charge on any atom is 0.257 e. The summed E-state index contributed by atoms with van der Waals surface area (Å²) >= 11 is 0. The second kappa shape index (κ2) is 8.80. The number of amides is 2. The van der Waals surface area contributed by atoms with Gasteiger partial charge in [0.15, 0.2) is 0 Å². The first-order chi connectivity index (χ1) is 13.8. The zero-order valence-electron chi connectivity index (χ0n) is 18.2. The van der Waals surface area contributed by atoms with E-state index in [2.05, 4.69) is 39.8 Å². The molecule has 1 aromatic heterocycles.